The van der Waals surface area contributed by atoms with Gasteiger partial charge in [-0.15, -0.1) is 0 Å². The van der Waals surface area contributed by atoms with E-state index in [1.54, 1.807) is 5.01 Å². The number of aliphatic carboxylic acids is 1. The maximum atomic E-state index is 11.6. The van der Waals surface area contributed by atoms with Gasteiger partial charge in [-0.25, -0.2) is 9.80 Å². The first kappa shape index (κ1) is 16.4. The highest BCUT2D eigenvalue weighted by molar-refractivity contribution is 5.96. The zero-order valence-corrected chi connectivity index (χ0v) is 12.1. The number of carbonyl (C=O) groups is 3. The predicted octanol–water partition coefficient (Wildman–Crippen LogP) is -0.524. The van der Waals surface area contributed by atoms with E-state index in [9.17, 15) is 14.4 Å². The van der Waals surface area contributed by atoms with E-state index in [0.29, 0.717) is 13.1 Å². The lowest BCUT2D eigenvalue weighted by atomic mass is 9.89. The summed E-state index contributed by atoms with van der Waals surface area (Å²) in [5, 5.41) is 12.8. The number of imide groups is 1. The second-order valence-electron chi connectivity index (χ2n) is 5.65. The lowest BCUT2D eigenvalue weighted by Gasteiger charge is -2.32. The lowest BCUT2D eigenvalue weighted by molar-refractivity contribution is -0.149. The first-order valence-corrected chi connectivity index (χ1v) is 6.48. The van der Waals surface area contributed by atoms with Crippen molar-refractivity contribution >= 4 is 17.9 Å². The van der Waals surface area contributed by atoms with Crippen LogP contribution in [0.5, 0.6) is 0 Å². The zero-order chi connectivity index (χ0) is 15.3. The molecule has 1 rings (SSSR count). The molecule has 0 aromatic carbocycles. The lowest BCUT2D eigenvalue weighted by Crippen LogP contribution is -2.55. The molecule has 0 radical (unpaired) electrons. The Hall–Kier alpha value is -1.67. The van der Waals surface area contributed by atoms with Crippen molar-refractivity contribution in [2.24, 2.45) is 5.41 Å². The molecule has 1 heterocycles. The topological polar surface area (TPSA) is 102 Å². The number of carboxylic acid groups (broad SMARTS) is 1. The summed E-state index contributed by atoms with van der Waals surface area (Å²) in [4.78, 5) is 36.3. The quantitative estimate of drug-likeness (QED) is 0.642. The van der Waals surface area contributed by atoms with Crippen molar-refractivity contribution in [3.8, 4) is 0 Å². The van der Waals surface area contributed by atoms with Crippen molar-refractivity contribution in [1.82, 2.24) is 20.7 Å². The molecule has 1 aliphatic rings. The smallest absolute Gasteiger partial charge is 0.335 e. The molecule has 0 aromatic heterocycles. The van der Waals surface area contributed by atoms with E-state index in [2.05, 4.69) is 15.6 Å². The number of hydrogen-bond donors (Lipinski definition) is 3. The van der Waals surface area contributed by atoms with E-state index in [1.165, 1.54) is 13.8 Å². The Morgan fingerprint density at radius 1 is 1.15 bits per heavy atom. The monoisotopic (exact) mass is 286 g/mol. The molecule has 0 aromatic rings. The van der Waals surface area contributed by atoms with Crippen LogP contribution in [0.4, 0.5) is 4.79 Å². The van der Waals surface area contributed by atoms with E-state index in [-0.39, 0.29) is 6.42 Å². The Balaban J connectivity index is 2.35. The number of rotatable bonds is 4. The Morgan fingerprint density at radius 2 is 1.70 bits per heavy atom. The van der Waals surface area contributed by atoms with Gasteiger partial charge in [0, 0.05) is 32.6 Å². The third-order valence-electron chi connectivity index (χ3n) is 3.20. The molecule has 0 aliphatic carbocycles. The van der Waals surface area contributed by atoms with Gasteiger partial charge in [0.25, 0.3) is 0 Å². The van der Waals surface area contributed by atoms with Crippen molar-refractivity contribution in [2.75, 3.05) is 33.2 Å². The van der Waals surface area contributed by atoms with Crippen molar-refractivity contribution in [3.63, 3.8) is 0 Å². The number of carboxylic acids is 1. The van der Waals surface area contributed by atoms with Gasteiger partial charge < -0.3 is 10.0 Å². The molecule has 0 unspecified atom stereocenters. The van der Waals surface area contributed by atoms with Gasteiger partial charge in [0.15, 0.2) is 0 Å². The average molecular weight is 286 g/mol. The number of nitrogens with zero attached hydrogens (tertiary/aromatic N) is 2. The van der Waals surface area contributed by atoms with Crippen molar-refractivity contribution in [1.29, 1.82) is 0 Å². The van der Waals surface area contributed by atoms with Crippen LogP contribution in [0.25, 0.3) is 0 Å². The molecule has 1 saturated heterocycles. The summed E-state index contributed by atoms with van der Waals surface area (Å²) >= 11 is 0. The molecular weight excluding hydrogens is 264 g/mol. The second kappa shape index (κ2) is 6.67. The molecule has 8 heteroatoms. The highest BCUT2D eigenvalue weighted by Crippen LogP contribution is 2.19. The highest BCUT2D eigenvalue weighted by Gasteiger charge is 2.30. The van der Waals surface area contributed by atoms with Crippen LogP contribution in [0.3, 0.4) is 0 Å². The maximum absolute atomic E-state index is 11.6. The van der Waals surface area contributed by atoms with Crippen LogP contribution >= 0.6 is 0 Å². The van der Waals surface area contributed by atoms with Crippen molar-refractivity contribution in [2.45, 2.75) is 20.3 Å². The Bertz CT molecular complexity index is 389. The summed E-state index contributed by atoms with van der Waals surface area (Å²) in [6, 6.07) is -0.624. The maximum Gasteiger partial charge on any atom is 0.335 e. The SMILES string of the molecule is CN1CCN(NC(=O)NC(=O)CC(C)(C)C(=O)O)CC1. The summed E-state index contributed by atoms with van der Waals surface area (Å²) < 4.78 is 0. The fraction of sp³-hybridized carbons (Fsp3) is 0.750. The van der Waals surface area contributed by atoms with Gasteiger partial charge >= 0.3 is 12.0 Å². The van der Waals surface area contributed by atoms with Crippen LogP contribution in [0, 0.1) is 5.41 Å². The highest BCUT2D eigenvalue weighted by atomic mass is 16.4. The molecule has 0 spiro atoms. The van der Waals surface area contributed by atoms with Gasteiger partial charge in [0.1, 0.15) is 0 Å². The Kier molecular flexibility index (Phi) is 5.46. The Morgan fingerprint density at radius 3 is 2.20 bits per heavy atom. The van der Waals surface area contributed by atoms with Crippen LogP contribution in [-0.2, 0) is 9.59 Å². The number of urea groups is 1. The Labute approximate surface area is 118 Å². The van der Waals surface area contributed by atoms with Crippen LogP contribution in [-0.4, -0.2) is 66.1 Å². The van der Waals surface area contributed by atoms with Gasteiger partial charge in [-0.2, -0.15) is 0 Å². The molecular formula is C12H22N4O4. The molecule has 0 saturated carbocycles. The minimum atomic E-state index is -1.20. The number of piperazine rings is 1. The molecule has 0 bridgehead atoms. The first-order valence-electron chi connectivity index (χ1n) is 6.48. The number of hydrazine groups is 1. The van der Waals surface area contributed by atoms with Crippen molar-refractivity contribution in [3.05, 3.63) is 0 Å². The van der Waals surface area contributed by atoms with Crippen LogP contribution in [0.2, 0.25) is 0 Å². The van der Waals surface area contributed by atoms with Gasteiger partial charge in [-0.3, -0.25) is 20.3 Å². The minimum Gasteiger partial charge on any atom is -0.481 e. The second-order valence-corrected chi connectivity index (χ2v) is 5.65. The van der Waals surface area contributed by atoms with Crippen LogP contribution in [0.15, 0.2) is 0 Å². The van der Waals surface area contributed by atoms with Crippen molar-refractivity contribution < 1.29 is 19.5 Å². The number of amides is 3. The molecule has 0 atom stereocenters. The standard InChI is InChI=1S/C12H22N4O4/c1-12(2,10(18)19)8-9(17)13-11(20)14-16-6-4-15(3)5-7-16/h4-8H2,1-3H3,(H,18,19)(H2,13,14,17,20). The number of likely N-dealkylation sites (N-methyl/N-ethyl adjacent to an activating group) is 1. The number of hydrogen-bond acceptors (Lipinski definition) is 5. The summed E-state index contributed by atoms with van der Waals surface area (Å²) in [5.41, 5.74) is 1.38. The van der Waals surface area contributed by atoms with Gasteiger partial charge in [-0.05, 0) is 20.9 Å². The predicted molar refractivity (Wildman–Crippen MR) is 71.8 cm³/mol. The van der Waals surface area contributed by atoms with Gasteiger partial charge in [0.05, 0.1) is 5.41 Å². The van der Waals surface area contributed by atoms with E-state index >= 15 is 0 Å². The van der Waals surface area contributed by atoms with Gasteiger partial charge in [0.2, 0.25) is 5.91 Å². The third kappa shape index (κ3) is 5.14. The van der Waals surface area contributed by atoms with E-state index in [1.807, 2.05) is 7.05 Å². The third-order valence-corrected chi connectivity index (χ3v) is 3.20. The number of nitrogens with one attached hydrogen (secondary N) is 2. The normalized spacial score (nSPS) is 17.6. The van der Waals surface area contributed by atoms with Crippen LogP contribution in [0.1, 0.15) is 20.3 Å². The molecule has 20 heavy (non-hydrogen) atoms. The van der Waals surface area contributed by atoms with E-state index in [0.717, 1.165) is 13.1 Å². The molecule has 1 fully saturated rings. The molecule has 114 valence electrons. The zero-order valence-electron chi connectivity index (χ0n) is 12.1. The molecule has 3 amide bonds. The summed E-state index contributed by atoms with van der Waals surface area (Å²) in [6.07, 6.45) is -0.251. The molecule has 1 aliphatic heterocycles. The van der Waals surface area contributed by atoms with E-state index in [4.69, 9.17) is 5.11 Å². The molecule has 8 nitrogen and oxygen atoms in total. The van der Waals surface area contributed by atoms with Crippen LogP contribution < -0.4 is 10.7 Å². The minimum absolute atomic E-state index is 0.251. The summed E-state index contributed by atoms with van der Waals surface area (Å²) in [7, 11) is 1.99. The molecule has 3 N–H and O–H groups in total. The fourth-order valence-corrected chi connectivity index (χ4v) is 1.74. The first-order chi connectivity index (χ1) is 9.20. The average Bonchev–Trinajstić information content (AvgIpc) is 2.30. The van der Waals surface area contributed by atoms with Gasteiger partial charge in [-0.1, -0.05) is 0 Å². The number of carbonyl (C=O) groups excluding carboxylic acids is 2. The largest absolute Gasteiger partial charge is 0.481 e. The summed E-state index contributed by atoms with van der Waals surface area (Å²) in [5.74, 6) is -1.68. The fourth-order valence-electron chi connectivity index (χ4n) is 1.74. The summed E-state index contributed by atoms with van der Waals surface area (Å²) in [6.45, 7) is 5.90. The van der Waals surface area contributed by atoms with E-state index < -0.39 is 23.3 Å².